The standard InChI is InChI=1S/C16H13N3O6S/c20-15-9-19(26(24,25)18-15)14-5-4-11(8-13(14)17-23)6-10-2-1-3-12(7-10)16(21)22/h1-5,7-8H,6,9H2,(H,18,20)(H,21,22). The van der Waals surface area contributed by atoms with Gasteiger partial charge in [-0.1, -0.05) is 18.2 Å². The molecular weight excluding hydrogens is 362 g/mol. The van der Waals surface area contributed by atoms with E-state index in [4.69, 9.17) is 5.11 Å². The first-order valence-corrected chi connectivity index (χ1v) is 8.86. The SMILES string of the molecule is O=Nc1cc(Cc2cccc(C(=O)O)c2)ccc1N1CC(=O)NS1(=O)=O. The zero-order chi connectivity index (χ0) is 18.9. The molecule has 0 aliphatic carbocycles. The van der Waals surface area contributed by atoms with E-state index in [0.717, 1.165) is 4.31 Å². The summed E-state index contributed by atoms with van der Waals surface area (Å²) in [7, 11) is -4.04. The summed E-state index contributed by atoms with van der Waals surface area (Å²) in [5.74, 6) is -1.75. The van der Waals surface area contributed by atoms with Crippen LogP contribution in [-0.2, 0) is 21.4 Å². The van der Waals surface area contributed by atoms with Crippen molar-refractivity contribution in [2.24, 2.45) is 5.18 Å². The molecule has 0 bridgehead atoms. The van der Waals surface area contributed by atoms with Crippen LogP contribution in [-0.4, -0.2) is 31.9 Å². The first kappa shape index (κ1) is 17.5. The van der Waals surface area contributed by atoms with E-state index >= 15 is 0 Å². The fraction of sp³-hybridized carbons (Fsp3) is 0.125. The minimum Gasteiger partial charge on any atom is -0.478 e. The Labute approximate surface area is 148 Å². The highest BCUT2D eigenvalue weighted by Crippen LogP contribution is 2.33. The molecule has 0 unspecified atom stereocenters. The maximum Gasteiger partial charge on any atom is 0.335 e. The van der Waals surface area contributed by atoms with Gasteiger partial charge in [-0.25, -0.2) is 13.8 Å². The smallest absolute Gasteiger partial charge is 0.335 e. The van der Waals surface area contributed by atoms with Crippen LogP contribution >= 0.6 is 0 Å². The Kier molecular flexibility index (Phi) is 4.43. The van der Waals surface area contributed by atoms with Crippen molar-refractivity contribution in [1.82, 2.24) is 4.72 Å². The van der Waals surface area contributed by atoms with Crippen LogP contribution in [0, 0.1) is 4.91 Å². The molecule has 1 saturated heterocycles. The van der Waals surface area contributed by atoms with Gasteiger partial charge >= 0.3 is 16.2 Å². The molecule has 1 aliphatic rings. The second kappa shape index (κ2) is 6.56. The summed E-state index contributed by atoms with van der Waals surface area (Å²) in [6.07, 6.45) is 0.327. The number of amides is 1. The van der Waals surface area contributed by atoms with E-state index in [-0.39, 0.29) is 16.9 Å². The molecule has 134 valence electrons. The zero-order valence-electron chi connectivity index (χ0n) is 13.2. The molecule has 1 heterocycles. The van der Waals surface area contributed by atoms with Gasteiger partial charge in [0.15, 0.2) is 0 Å². The average Bonchev–Trinajstić information content (AvgIpc) is 2.87. The number of hydrogen-bond acceptors (Lipinski definition) is 6. The molecule has 2 aromatic rings. The summed E-state index contributed by atoms with van der Waals surface area (Å²) < 4.78 is 26.4. The summed E-state index contributed by atoms with van der Waals surface area (Å²) in [5, 5.41) is 11.9. The van der Waals surface area contributed by atoms with Crippen LogP contribution in [0.25, 0.3) is 0 Å². The molecule has 2 aromatic carbocycles. The van der Waals surface area contributed by atoms with Gasteiger partial charge < -0.3 is 5.11 Å². The number of carbonyl (C=O) groups excluding carboxylic acids is 1. The fourth-order valence-corrected chi connectivity index (χ4v) is 3.84. The molecule has 1 fully saturated rings. The Hall–Kier alpha value is -3.27. The van der Waals surface area contributed by atoms with Crippen molar-refractivity contribution in [3.63, 3.8) is 0 Å². The van der Waals surface area contributed by atoms with Gasteiger partial charge in [0, 0.05) is 0 Å². The average molecular weight is 375 g/mol. The Morgan fingerprint density at radius 1 is 1.19 bits per heavy atom. The van der Waals surface area contributed by atoms with E-state index in [1.165, 1.54) is 24.3 Å². The summed E-state index contributed by atoms with van der Waals surface area (Å²) in [5.41, 5.74) is 1.36. The van der Waals surface area contributed by atoms with Gasteiger partial charge in [0.2, 0.25) is 0 Å². The van der Waals surface area contributed by atoms with Gasteiger partial charge in [0.05, 0.1) is 11.3 Å². The number of carboxylic acid groups (broad SMARTS) is 1. The number of rotatable bonds is 5. The first-order valence-electron chi connectivity index (χ1n) is 7.42. The highest BCUT2D eigenvalue weighted by atomic mass is 32.2. The van der Waals surface area contributed by atoms with E-state index in [2.05, 4.69) is 5.18 Å². The molecule has 9 nitrogen and oxygen atoms in total. The molecule has 0 radical (unpaired) electrons. The Bertz CT molecular complexity index is 1020. The number of aromatic carboxylic acids is 1. The lowest BCUT2D eigenvalue weighted by Gasteiger charge is -2.16. The molecule has 1 amide bonds. The summed E-state index contributed by atoms with van der Waals surface area (Å²) in [6, 6.07) is 10.7. The van der Waals surface area contributed by atoms with Crippen molar-refractivity contribution in [2.75, 3.05) is 10.8 Å². The summed E-state index contributed by atoms with van der Waals surface area (Å²) in [4.78, 5) is 33.6. The number of nitrogens with one attached hydrogen (secondary N) is 1. The van der Waals surface area contributed by atoms with Crippen molar-refractivity contribution >= 4 is 33.5 Å². The monoisotopic (exact) mass is 375 g/mol. The fourth-order valence-electron chi connectivity index (χ4n) is 2.67. The lowest BCUT2D eigenvalue weighted by Crippen LogP contribution is -2.29. The van der Waals surface area contributed by atoms with Crippen LogP contribution in [0.2, 0.25) is 0 Å². The minimum absolute atomic E-state index is 0.00128. The van der Waals surface area contributed by atoms with Crippen LogP contribution in [0.4, 0.5) is 11.4 Å². The lowest BCUT2D eigenvalue weighted by molar-refractivity contribution is -0.117. The quantitative estimate of drug-likeness (QED) is 0.762. The van der Waals surface area contributed by atoms with E-state index in [9.17, 15) is 22.9 Å². The molecule has 0 aromatic heterocycles. The Balaban J connectivity index is 1.92. The minimum atomic E-state index is -4.04. The van der Waals surface area contributed by atoms with Gasteiger partial charge in [0.1, 0.15) is 12.2 Å². The largest absolute Gasteiger partial charge is 0.478 e. The number of nitrogens with zero attached hydrogens (tertiary/aromatic N) is 2. The molecule has 0 saturated carbocycles. The third-order valence-corrected chi connectivity index (χ3v) is 5.20. The van der Waals surface area contributed by atoms with Crippen molar-refractivity contribution in [1.29, 1.82) is 0 Å². The lowest BCUT2D eigenvalue weighted by atomic mass is 10.0. The van der Waals surface area contributed by atoms with Gasteiger partial charge in [0.25, 0.3) is 5.91 Å². The molecule has 2 N–H and O–H groups in total. The van der Waals surface area contributed by atoms with Crippen LogP contribution < -0.4 is 9.03 Å². The second-order valence-corrected chi connectivity index (χ2v) is 7.23. The van der Waals surface area contributed by atoms with Gasteiger partial charge in [-0.05, 0) is 47.0 Å². The molecule has 0 atom stereocenters. The number of nitroso groups, excluding NO2 is 1. The number of hydrogen-bond donors (Lipinski definition) is 2. The predicted octanol–water partition coefficient (Wildman–Crippen LogP) is 1.55. The molecule has 0 spiro atoms. The molecule has 10 heteroatoms. The van der Waals surface area contributed by atoms with Gasteiger partial charge in [-0.3, -0.25) is 4.79 Å². The topological polar surface area (TPSA) is 133 Å². The van der Waals surface area contributed by atoms with Crippen molar-refractivity contribution in [3.8, 4) is 0 Å². The summed E-state index contributed by atoms with van der Waals surface area (Å²) >= 11 is 0. The number of carbonyl (C=O) groups is 2. The highest BCUT2D eigenvalue weighted by molar-refractivity contribution is 7.92. The number of benzene rings is 2. The van der Waals surface area contributed by atoms with Crippen LogP contribution in [0.15, 0.2) is 47.6 Å². The zero-order valence-corrected chi connectivity index (χ0v) is 14.1. The molecular formula is C16H13N3O6S. The second-order valence-electron chi connectivity index (χ2n) is 5.63. The first-order chi connectivity index (χ1) is 12.3. The Morgan fingerprint density at radius 2 is 1.92 bits per heavy atom. The van der Waals surface area contributed by atoms with E-state index in [1.807, 2.05) is 4.72 Å². The molecule has 26 heavy (non-hydrogen) atoms. The van der Waals surface area contributed by atoms with Gasteiger partial charge in [-0.2, -0.15) is 8.42 Å². The van der Waals surface area contributed by atoms with Crippen molar-refractivity contribution < 1.29 is 23.1 Å². The molecule has 3 rings (SSSR count). The number of carboxylic acids is 1. The third kappa shape index (κ3) is 3.40. The van der Waals surface area contributed by atoms with E-state index in [1.54, 1.807) is 18.2 Å². The van der Waals surface area contributed by atoms with Crippen LogP contribution in [0.1, 0.15) is 21.5 Å². The maximum absolute atomic E-state index is 11.9. The number of anilines is 1. The normalized spacial score (nSPS) is 15.5. The van der Waals surface area contributed by atoms with Gasteiger partial charge in [-0.15, -0.1) is 4.91 Å². The predicted molar refractivity (Wildman–Crippen MR) is 92.5 cm³/mol. The van der Waals surface area contributed by atoms with Crippen LogP contribution in [0.5, 0.6) is 0 Å². The Morgan fingerprint density at radius 3 is 2.54 bits per heavy atom. The van der Waals surface area contributed by atoms with Crippen molar-refractivity contribution in [2.45, 2.75) is 6.42 Å². The van der Waals surface area contributed by atoms with E-state index in [0.29, 0.717) is 17.5 Å². The van der Waals surface area contributed by atoms with Crippen LogP contribution in [0.3, 0.4) is 0 Å². The highest BCUT2D eigenvalue weighted by Gasteiger charge is 2.35. The summed E-state index contributed by atoms with van der Waals surface area (Å²) in [6.45, 7) is -0.426. The maximum atomic E-state index is 11.9. The van der Waals surface area contributed by atoms with E-state index < -0.39 is 28.6 Å². The molecule has 1 aliphatic heterocycles. The van der Waals surface area contributed by atoms with Crippen molar-refractivity contribution in [3.05, 3.63) is 64.1 Å². The third-order valence-electron chi connectivity index (χ3n) is 3.81.